The van der Waals surface area contributed by atoms with E-state index in [1.807, 2.05) is 13.8 Å². The van der Waals surface area contributed by atoms with Gasteiger partial charge in [-0.3, -0.25) is 9.59 Å². The molecule has 1 fully saturated rings. The number of halogens is 1. The van der Waals surface area contributed by atoms with E-state index in [0.29, 0.717) is 13.0 Å². The molecule has 1 heterocycles. The Labute approximate surface area is 462 Å². The molecule has 1 saturated heterocycles. The van der Waals surface area contributed by atoms with E-state index in [0.717, 1.165) is 21.6 Å². The molecule has 0 aromatic heterocycles. The van der Waals surface area contributed by atoms with Crippen molar-refractivity contribution in [3.05, 3.63) is 43.6 Å². The molecule has 0 unspecified atom stereocenters. The number of nitrogens with zero attached hydrogens (tertiary/aromatic N) is 1. The molecule has 0 aliphatic carbocycles. The Kier molecular flexibility index (Phi) is 28.1. The molecule has 6 atom stereocenters. The maximum atomic E-state index is 15.3. The summed E-state index contributed by atoms with van der Waals surface area (Å²) < 4.78 is 37.8. The molecule has 0 aromatic rings. The predicted octanol–water partition coefficient (Wildman–Crippen LogP) is 18.5. The minimum absolute atomic E-state index is 0.0269. The number of unbranched alkanes of at least 4 members (excludes halogenated alkanes) is 3. The van der Waals surface area contributed by atoms with Crippen LogP contribution in [0.1, 0.15) is 162 Å². The molecule has 1 aliphatic heterocycles. The average molecular weight is 1280 g/mol. The molecule has 13 heteroatoms. The fraction of sp³-hybridized carbons (Fsp3) is 0.828. The topological polar surface area (TPSA) is 74.3 Å². The predicted molar refractivity (Wildman–Crippen MR) is 332 cm³/mol. The molecular weight excluding hydrogens is 1160 g/mol. The van der Waals surface area contributed by atoms with Gasteiger partial charge in [-0.25, -0.2) is 0 Å². The summed E-state index contributed by atoms with van der Waals surface area (Å²) in [7, 11) is -8.11. The van der Waals surface area contributed by atoms with Gasteiger partial charge in [-0.15, -0.1) is 0 Å². The summed E-state index contributed by atoms with van der Waals surface area (Å²) in [6.07, 6.45) is 19.7. The monoisotopic (exact) mass is 1280 g/mol. The van der Waals surface area contributed by atoms with Crippen molar-refractivity contribution < 1.29 is 27.9 Å². The number of hydrogen-bond donors (Lipinski definition) is 0. The van der Waals surface area contributed by atoms with E-state index >= 15 is 4.79 Å². The van der Waals surface area contributed by atoms with Crippen molar-refractivity contribution in [1.29, 1.82) is 0 Å². The number of carbonyl (C=O) groups is 2. The Morgan fingerprint density at radius 3 is 1.70 bits per heavy atom. The first-order chi connectivity index (χ1) is 32.2. The van der Waals surface area contributed by atoms with Crippen LogP contribution in [0.3, 0.4) is 0 Å². The Bertz CT molecular complexity index is 1760. The molecule has 0 saturated carbocycles. The molecular formula is C58H114INO6Si4Sn. The van der Waals surface area contributed by atoms with E-state index in [4.69, 9.17) is 18.3 Å². The van der Waals surface area contributed by atoms with E-state index in [2.05, 4.69) is 217 Å². The summed E-state index contributed by atoms with van der Waals surface area (Å²) in [4.78, 5) is 30.1. The number of β-lactam (4-membered cyclic amide) rings is 1. The standard InChI is InChI=1S/C46H87INO6Si4.3C4H9.Sn/c1-24-37(53-57(20,21)44(8,9)10)27-25-34(2)26-28-38(52-33-51-29-30-55(15,16)17)32-39(54-58(22,23)45(11,12)13)36(4)41(49)46(14)40(31-35(3)47)48(42(46)50)56(18,19)43(5,6)7;3*1-3-4-2;/h1,24-26,28,31,36-40H,27,29-30,32-33H2,2-23H3;3*1,3-4H2,2H3;/b24-1?,28-26+,34-25+,35-31-;;;;/t36-,37-,38-,39-,40-,46+;;;;/m1..../s1. The van der Waals surface area contributed by atoms with E-state index in [-0.39, 0.29) is 51.8 Å². The van der Waals surface area contributed by atoms with Crippen LogP contribution in [0.4, 0.5) is 0 Å². The molecule has 1 aliphatic rings. The van der Waals surface area contributed by atoms with Crippen LogP contribution >= 0.6 is 22.6 Å². The number of ether oxygens (including phenoxy) is 2. The molecule has 1 rings (SSSR count). The fourth-order valence-electron chi connectivity index (χ4n) is 8.80. The zero-order valence-electron chi connectivity index (χ0n) is 51.0. The van der Waals surface area contributed by atoms with Crippen molar-refractivity contribution in [2.24, 2.45) is 11.3 Å². The van der Waals surface area contributed by atoms with Gasteiger partial charge in [0.25, 0.3) is 0 Å². The molecule has 7 nitrogen and oxygen atoms in total. The zero-order valence-corrected chi connectivity index (χ0v) is 60.0. The summed E-state index contributed by atoms with van der Waals surface area (Å²) in [5, 5.41) is -0.0616. The van der Waals surface area contributed by atoms with Gasteiger partial charge in [0.15, 0.2) is 22.3 Å². The third-order valence-electron chi connectivity index (χ3n) is 17.2. The van der Waals surface area contributed by atoms with Crippen LogP contribution in [0, 0.1) is 11.3 Å². The van der Waals surface area contributed by atoms with Crippen molar-refractivity contribution >= 4 is 85.6 Å². The van der Waals surface area contributed by atoms with Crippen LogP contribution in [0.5, 0.6) is 0 Å². The van der Waals surface area contributed by atoms with Crippen molar-refractivity contribution in [2.45, 2.75) is 280 Å². The third kappa shape index (κ3) is 20.9. The molecule has 1 amide bonds. The number of ketones is 1. The van der Waals surface area contributed by atoms with Gasteiger partial charge in [-0.2, -0.15) is 0 Å². The third-order valence-corrected chi connectivity index (χ3v) is 47.7. The van der Waals surface area contributed by atoms with Gasteiger partial charge < -0.3 is 4.57 Å². The van der Waals surface area contributed by atoms with E-state index in [1.165, 1.54) is 51.8 Å². The average Bonchev–Trinajstić information content (AvgIpc) is 3.23. The molecule has 0 radical (unpaired) electrons. The van der Waals surface area contributed by atoms with Crippen molar-refractivity contribution in [1.82, 2.24) is 4.57 Å². The first-order valence-corrected chi connectivity index (χ1v) is 49.3. The second-order valence-electron chi connectivity index (χ2n) is 27.7. The number of carbonyl (C=O) groups excluding carboxylic acids is 2. The number of amides is 1. The number of Topliss-reactive ketones (excluding diaryl/α,β-unsaturated/α-hetero) is 1. The summed E-state index contributed by atoms with van der Waals surface area (Å²) in [5.41, 5.74) is -0.0357. The number of allylic oxidation sites excluding steroid dienone is 3. The van der Waals surface area contributed by atoms with Crippen LogP contribution in [-0.4, -0.2) is 105 Å². The van der Waals surface area contributed by atoms with Gasteiger partial charge in [-0.1, -0.05) is 87.3 Å². The summed E-state index contributed by atoms with van der Waals surface area (Å²) in [5.74, 6) is -0.643. The quantitative estimate of drug-likeness (QED) is 0.0127. The summed E-state index contributed by atoms with van der Waals surface area (Å²) in [6, 6.07) is 0.749. The van der Waals surface area contributed by atoms with Crippen LogP contribution in [0.15, 0.2) is 43.6 Å². The van der Waals surface area contributed by atoms with Gasteiger partial charge in [0, 0.05) is 14.7 Å². The molecule has 0 bridgehead atoms. The first kappa shape index (κ1) is 69.4. The van der Waals surface area contributed by atoms with E-state index in [1.54, 1.807) is 0 Å². The molecule has 71 heavy (non-hydrogen) atoms. The zero-order chi connectivity index (χ0) is 55.2. The Morgan fingerprint density at radius 1 is 0.775 bits per heavy atom. The van der Waals surface area contributed by atoms with Gasteiger partial charge >= 0.3 is 241 Å². The number of rotatable bonds is 32. The van der Waals surface area contributed by atoms with Gasteiger partial charge in [0.05, 0.1) is 6.04 Å². The SMILES string of the molecule is CCC[CH2][Sn](/[CH]=C/[C@H](C/C=C(C)/C=C/[C@H](C[C@@H](O[Si](C)(C)C(C)(C)C)[C@@H](C)C(=O)[C@@]1(C)C(=O)N([Si](C)(C)C(C)(C)C)[C@@H]1/C=C(/C)I)OCOCC[Si](C)(C)C)O[Si](C)(C)C(C)(C)C)([CH2]CCC)[CH2]CCC. The second kappa shape index (κ2) is 28.8. The summed E-state index contributed by atoms with van der Waals surface area (Å²) >= 11 is -0.235. The molecule has 0 aromatic carbocycles. The van der Waals surface area contributed by atoms with Crippen molar-refractivity contribution in [3.63, 3.8) is 0 Å². The van der Waals surface area contributed by atoms with Gasteiger partial charge in [0.1, 0.15) is 5.41 Å². The van der Waals surface area contributed by atoms with Gasteiger partial charge in [-0.05, 0) is 69.2 Å². The van der Waals surface area contributed by atoms with Crippen LogP contribution in [0.25, 0.3) is 0 Å². The molecule has 414 valence electrons. The normalized spacial score (nSPS) is 20.5. The van der Waals surface area contributed by atoms with Crippen molar-refractivity contribution in [2.75, 3.05) is 13.4 Å². The van der Waals surface area contributed by atoms with E-state index < -0.39 is 68.8 Å². The van der Waals surface area contributed by atoms with E-state index in [9.17, 15) is 4.79 Å². The Morgan fingerprint density at radius 2 is 1.27 bits per heavy atom. The Balaban J connectivity index is 3.93. The molecule has 0 spiro atoms. The number of hydrogen-bond acceptors (Lipinski definition) is 6. The molecule has 0 N–H and O–H groups in total. The van der Waals surface area contributed by atoms with Crippen LogP contribution in [-0.2, 0) is 27.9 Å². The Hall–Kier alpha value is 0.336. The maximum absolute atomic E-state index is 15.3. The van der Waals surface area contributed by atoms with Crippen LogP contribution < -0.4 is 0 Å². The fourth-order valence-corrected chi connectivity index (χ4v) is 29.5. The first-order valence-electron chi connectivity index (χ1n) is 28.0. The second-order valence-corrected chi connectivity index (χ2v) is 62.7. The van der Waals surface area contributed by atoms with Crippen molar-refractivity contribution in [3.8, 4) is 0 Å². The summed E-state index contributed by atoms with van der Waals surface area (Å²) in [6.45, 7) is 57.4. The minimum atomic E-state index is -2.57. The van der Waals surface area contributed by atoms with Crippen LogP contribution in [0.2, 0.25) is 93.4 Å². The van der Waals surface area contributed by atoms with Gasteiger partial charge in [0.2, 0.25) is 5.91 Å².